The summed E-state index contributed by atoms with van der Waals surface area (Å²) in [5.74, 6) is 1.62. The van der Waals surface area contributed by atoms with Crippen LogP contribution in [0.4, 0.5) is 11.4 Å². The molecule has 1 aromatic rings. The van der Waals surface area contributed by atoms with Gasteiger partial charge in [-0.2, -0.15) is 0 Å². The van der Waals surface area contributed by atoms with Crippen LogP contribution in [-0.2, 0) is 4.79 Å². The van der Waals surface area contributed by atoms with Crippen LogP contribution in [0.1, 0.15) is 39.5 Å². The van der Waals surface area contributed by atoms with E-state index in [2.05, 4.69) is 23.6 Å². The fourth-order valence-electron chi connectivity index (χ4n) is 2.92. The molecule has 1 fully saturated rings. The van der Waals surface area contributed by atoms with E-state index in [1.807, 2.05) is 18.2 Å². The molecule has 0 saturated heterocycles. The molecule has 19 heavy (non-hydrogen) atoms. The molecular formula is C16H24N2O. The fourth-order valence-corrected chi connectivity index (χ4v) is 2.92. The van der Waals surface area contributed by atoms with Gasteiger partial charge in [-0.25, -0.2) is 0 Å². The molecule has 0 radical (unpaired) electrons. The van der Waals surface area contributed by atoms with Gasteiger partial charge in [-0.05, 0) is 42.9 Å². The third kappa shape index (κ3) is 4.58. The summed E-state index contributed by atoms with van der Waals surface area (Å²) in [6, 6.07) is 7.93. The van der Waals surface area contributed by atoms with Crippen LogP contribution in [0.5, 0.6) is 0 Å². The minimum atomic E-state index is -0.0294. The normalized spacial score (nSPS) is 22.8. The van der Waals surface area contributed by atoms with Crippen molar-refractivity contribution in [2.45, 2.75) is 39.5 Å². The first-order valence-corrected chi connectivity index (χ1v) is 7.25. The molecule has 1 amide bonds. The Bertz CT molecular complexity index is 431. The van der Waals surface area contributed by atoms with Crippen molar-refractivity contribution in [1.29, 1.82) is 0 Å². The zero-order chi connectivity index (χ0) is 13.7. The summed E-state index contributed by atoms with van der Waals surface area (Å²) in [4.78, 5) is 11.0. The van der Waals surface area contributed by atoms with Gasteiger partial charge in [-0.1, -0.05) is 25.8 Å². The number of carbonyl (C=O) groups excluding carboxylic acids is 1. The summed E-state index contributed by atoms with van der Waals surface area (Å²) in [5, 5.41) is 6.31. The number of anilines is 2. The summed E-state index contributed by atoms with van der Waals surface area (Å²) in [7, 11) is 0. The molecule has 0 spiro atoms. The largest absolute Gasteiger partial charge is 0.385 e. The summed E-state index contributed by atoms with van der Waals surface area (Å²) in [6.45, 7) is 4.92. The lowest BCUT2D eigenvalue weighted by Crippen LogP contribution is -2.21. The quantitative estimate of drug-likeness (QED) is 0.862. The van der Waals surface area contributed by atoms with E-state index in [9.17, 15) is 4.79 Å². The first-order chi connectivity index (χ1) is 9.13. The Balaban J connectivity index is 1.86. The Hall–Kier alpha value is -1.51. The van der Waals surface area contributed by atoms with E-state index >= 15 is 0 Å². The lowest BCUT2D eigenvalue weighted by atomic mass is 9.82. The molecule has 2 N–H and O–H groups in total. The smallest absolute Gasteiger partial charge is 0.221 e. The van der Waals surface area contributed by atoms with Gasteiger partial charge in [0.25, 0.3) is 0 Å². The molecule has 3 heteroatoms. The topological polar surface area (TPSA) is 41.1 Å². The number of hydrogen-bond acceptors (Lipinski definition) is 2. The second-order valence-electron chi connectivity index (χ2n) is 5.78. The number of nitrogens with one attached hydrogen (secondary N) is 2. The van der Waals surface area contributed by atoms with Crippen LogP contribution in [0.15, 0.2) is 24.3 Å². The van der Waals surface area contributed by atoms with Gasteiger partial charge in [-0.15, -0.1) is 0 Å². The first-order valence-electron chi connectivity index (χ1n) is 7.25. The van der Waals surface area contributed by atoms with E-state index in [1.54, 1.807) is 0 Å². The maximum atomic E-state index is 11.0. The van der Waals surface area contributed by atoms with Gasteiger partial charge in [0.15, 0.2) is 0 Å². The monoisotopic (exact) mass is 260 g/mol. The predicted octanol–water partition coefficient (Wildman–Crippen LogP) is 3.88. The SMILES string of the molecule is CC(=O)Nc1cccc(NCC2CCCC(C)C2)c1. The van der Waals surface area contributed by atoms with E-state index < -0.39 is 0 Å². The van der Waals surface area contributed by atoms with Crippen LogP contribution in [0.2, 0.25) is 0 Å². The van der Waals surface area contributed by atoms with E-state index in [1.165, 1.54) is 32.6 Å². The fraction of sp³-hybridized carbons (Fsp3) is 0.562. The van der Waals surface area contributed by atoms with E-state index in [0.717, 1.165) is 29.8 Å². The zero-order valence-electron chi connectivity index (χ0n) is 11.9. The molecule has 104 valence electrons. The van der Waals surface area contributed by atoms with Crippen molar-refractivity contribution in [3.8, 4) is 0 Å². The maximum absolute atomic E-state index is 11.0. The minimum Gasteiger partial charge on any atom is -0.385 e. The van der Waals surface area contributed by atoms with Gasteiger partial charge in [0.1, 0.15) is 0 Å². The number of benzene rings is 1. The standard InChI is InChI=1S/C16H24N2O/c1-12-5-3-6-14(9-12)11-17-15-7-4-8-16(10-15)18-13(2)19/h4,7-8,10,12,14,17H,3,5-6,9,11H2,1-2H3,(H,18,19). The molecule has 1 saturated carbocycles. The number of rotatable bonds is 4. The molecule has 0 aliphatic heterocycles. The van der Waals surface area contributed by atoms with Gasteiger partial charge in [-0.3, -0.25) is 4.79 Å². The third-order valence-electron chi connectivity index (χ3n) is 3.82. The molecule has 1 aromatic carbocycles. The van der Waals surface area contributed by atoms with E-state index in [4.69, 9.17) is 0 Å². The summed E-state index contributed by atoms with van der Waals surface area (Å²) in [5.41, 5.74) is 1.94. The van der Waals surface area contributed by atoms with Crippen molar-refractivity contribution in [1.82, 2.24) is 0 Å². The molecule has 0 aromatic heterocycles. The molecule has 2 atom stereocenters. The Morgan fingerprint density at radius 1 is 1.32 bits per heavy atom. The van der Waals surface area contributed by atoms with Gasteiger partial charge in [0.2, 0.25) is 5.91 Å². The number of hydrogen-bond donors (Lipinski definition) is 2. The molecule has 1 aliphatic rings. The van der Waals surface area contributed by atoms with Gasteiger partial charge < -0.3 is 10.6 Å². The number of amides is 1. The highest BCUT2D eigenvalue weighted by Crippen LogP contribution is 2.28. The number of carbonyl (C=O) groups is 1. The summed E-state index contributed by atoms with van der Waals surface area (Å²) >= 11 is 0. The Morgan fingerprint density at radius 2 is 2.11 bits per heavy atom. The molecular weight excluding hydrogens is 236 g/mol. The average Bonchev–Trinajstić information content (AvgIpc) is 2.36. The second-order valence-corrected chi connectivity index (χ2v) is 5.78. The summed E-state index contributed by atoms with van der Waals surface area (Å²) < 4.78 is 0. The molecule has 1 aliphatic carbocycles. The van der Waals surface area contributed by atoms with Gasteiger partial charge in [0, 0.05) is 24.8 Å². The van der Waals surface area contributed by atoms with Crippen molar-refractivity contribution in [2.75, 3.05) is 17.2 Å². The van der Waals surface area contributed by atoms with Crippen LogP contribution < -0.4 is 10.6 Å². The lowest BCUT2D eigenvalue weighted by Gasteiger charge is -2.27. The van der Waals surface area contributed by atoms with Gasteiger partial charge in [0.05, 0.1) is 0 Å². The summed E-state index contributed by atoms with van der Waals surface area (Å²) in [6.07, 6.45) is 5.41. The van der Waals surface area contributed by atoms with Crippen molar-refractivity contribution in [3.63, 3.8) is 0 Å². The highest BCUT2D eigenvalue weighted by atomic mass is 16.1. The Morgan fingerprint density at radius 3 is 2.84 bits per heavy atom. The molecule has 3 nitrogen and oxygen atoms in total. The van der Waals surface area contributed by atoms with Crippen LogP contribution in [0.25, 0.3) is 0 Å². The molecule has 2 rings (SSSR count). The van der Waals surface area contributed by atoms with Crippen LogP contribution in [0.3, 0.4) is 0 Å². The third-order valence-corrected chi connectivity index (χ3v) is 3.82. The molecule has 0 heterocycles. The predicted molar refractivity (Wildman–Crippen MR) is 80.4 cm³/mol. The highest BCUT2D eigenvalue weighted by Gasteiger charge is 2.18. The highest BCUT2D eigenvalue weighted by molar-refractivity contribution is 5.89. The van der Waals surface area contributed by atoms with Crippen molar-refractivity contribution in [3.05, 3.63) is 24.3 Å². The Labute approximate surface area is 115 Å². The van der Waals surface area contributed by atoms with Gasteiger partial charge >= 0.3 is 0 Å². The molecule has 2 unspecified atom stereocenters. The second kappa shape index (κ2) is 6.60. The van der Waals surface area contributed by atoms with Crippen molar-refractivity contribution < 1.29 is 4.79 Å². The van der Waals surface area contributed by atoms with Crippen molar-refractivity contribution >= 4 is 17.3 Å². The van der Waals surface area contributed by atoms with Crippen LogP contribution >= 0.6 is 0 Å². The average molecular weight is 260 g/mol. The van der Waals surface area contributed by atoms with E-state index in [0.29, 0.717) is 0 Å². The van der Waals surface area contributed by atoms with Crippen molar-refractivity contribution in [2.24, 2.45) is 11.8 Å². The zero-order valence-corrected chi connectivity index (χ0v) is 11.9. The van der Waals surface area contributed by atoms with E-state index in [-0.39, 0.29) is 5.91 Å². The maximum Gasteiger partial charge on any atom is 0.221 e. The molecule has 0 bridgehead atoms. The first kappa shape index (κ1) is 13.9. The van der Waals surface area contributed by atoms with Crippen LogP contribution in [0, 0.1) is 11.8 Å². The lowest BCUT2D eigenvalue weighted by molar-refractivity contribution is -0.114. The minimum absolute atomic E-state index is 0.0294. The Kier molecular flexibility index (Phi) is 4.83. The van der Waals surface area contributed by atoms with Crippen LogP contribution in [-0.4, -0.2) is 12.5 Å².